The number of aliphatic hydroxyl groups is 3. The Morgan fingerprint density at radius 3 is 2.28 bits per heavy atom. The summed E-state index contributed by atoms with van der Waals surface area (Å²) >= 11 is 0. The van der Waals surface area contributed by atoms with Crippen LogP contribution in [0.3, 0.4) is 0 Å². The molecule has 278 valence electrons. The van der Waals surface area contributed by atoms with E-state index >= 15 is 0 Å². The van der Waals surface area contributed by atoms with Crippen LogP contribution in [0.1, 0.15) is 120 Å². The molecule has 0 saturated carbocycles. The monoisotopic (exact) mass is 696 g/mol. The summed E-state index contributed by atoms with van der Waals surface area (Å²) in [7, 11) is 1.27. The molecular formula is C41H60O9. The summed E-state index contributed by atoms with van der Waals surface area (Å²) in [5, 5.41) is 34.9. The number of carbonyl (C=O) groups is 4. The molecule has 9 heteroatoms. The molecule has 4 rings (SSSR count). The third kappa shape index (κ3) is 8.01. The van der Waals surface area contributed by atoms with Gasteiger partial charge < -0.3 is 24.8 Å². The number of esters is 1. The van der Waals surface area contributed by atoms with Gasteiger partial charge in [0.25, 0.3) is 0 Å². The van der Waals surface area contributed by atoms with Gasteiger partial charge in [-0.25, -0.2) is 0 Å². The first kappa shape index (κ1) is 40.1. The summed E-state index contributed by atoms with van der Waals surface area (Å²) in [6, 6.07) is 0. The highest BCUT2D eigenvalue weighted by molar-refractivity contribution is 6.02. The number of fused-ring (bicyclic) bond motifs is 5. The lowest BCUT2D eigenvalue weighted by atomic mass is 9.53. The molecule has 0 radical (unpaired) electrons. The van der Waals surface area contributed by atoms with Crippen LogP contribution in [0.5, 0.6) is 0 Å². The zero-order valence-electron chi connectivity index (χ0n) is 31.6. The third-order valence-corrected chi connectivity index (χ3v) is 12.4. The first-order chi connectivity index (χ1) is 23.3. The molecule has 9 nitrogen and oxygen atoms in total. The van der Waals surface area contributed by atoms with Gasteiger partial charge in [0.1, 0.15) is 11.4 Å². The van der Waals surface area contributed by atoms with Gasteiger partial charge in [0.15, 0.2) is 11.6 Å². The molecular weight excluding hydrogens is 636 g/mol. The fraction of sp³-hybridized carbons (Fsp3) is 0.707. The fourth-order valence-corrected chi connectivity index (χ4v) is 8.79. The van der Waals surface area contributed by atoms with Gasteiger partial charge in [-0.3, -0.25) is 19.2 Å². The molecule has 2 bridgehead atoms. The molecule has 0 aromatic rings. The second-order valence-electron chi connectivity index (χ2n) is 16.5. The average Bonchev–Trinajstić information content (AvgIpc) is 3.03. The number of ether oxygens (including phenoxy) is 2. The van der Waals surface area contributed by atoms with E-state index in [1.54, 1.807) is 26.8 Å². The minimum Gasteiger partial charge on any atom is -0.469 e. The van der Waals surface area contributed by atoms with Crippen molar-refractivity contribution in [1.82, 2.24) is 0 Å². The van der Waals surface area contributed by atoms with Gasteiger partial charge in [0.2, 0.25) is 0 Å². The normalized spacial score (nSPS) is 40.5. The van der Waals surface area contributed by atoms with Gasteiger partial charge >= 0.3 is 5.97 Å². The molecule has 1 fully saturated rings. The fourth-order valence-electron chi connectivity index (χ4n) is 8.79. The van der Waals surface area contributed by atoms with Gasteiger partial charge in [-0.05, 0) is 110 Å². The number of aliphatic hydroxyl groups excluding tert-OH is 1. The van der Waals surface area contributed by atoms with E-state index in [9.17, 15) is 34.5 Å². The van der Waals surface area contributed by atoms with Crippen molar-refractivity contribution in [2.45, 2.75) is 149 Å². The largest absolute Gasteiger partial charge is 0.469 e. The maximum Gasteiger partial charge on any atom is 0.313 e. The predicted octanol–water partition coefficient (Wildman–Crippen LogP) is 6.09. The van der Waals surface area contributed by atoms with Crippen LogP contribution in [0.4, 0.5) is 0 Å². The molecule has 0 unspecified atom stereocenters. The van der Waals surface area contributed by atoms with Crippen LogP contribution in [-0.4, -0.2) is 75.3 Å². The van der Waals surface area contributed by atoms with Crippen molar-refractivity contribution in [2.24, 2.45) is 29.1 Å². The molecule has 0 amide bonds. The number of Topliss-reactive ketones (excluding diaryl/α,β-unsaturated/α-hetero) is 2. The lowest BCUT2D eigenvalue weighted by Crippen LogP contribution is -2.59. The first-order valence-electron chi connectivity index (χ1n) is 18.4. The van der Waals surface area contributed by atoms with E-state index in [-0.39, 0.29) is 49.0 Å². The lowest BCUT2D eigenvalue weighted by molar-refractivity contribution is -0.234. The van der Waals surface area contributed by atoms with E-state index in [2.05, 4.69) is 0 Å². The number of hydrogen-bond acceptors (Lipinski definition) is 9. The maximum absolute atomic E-state index is 14.6. The third-order valence-electron chi connectivity index (χ3n) is 12.4. The molecule has 3 N–H and O–H groups in total. The summed E-state index contributed by atoms with van der Waals surface area (Å²) in [6.07, 6.45) is 5.25. The Morgan fingerprint density at radius 1 is 0.960 bits per heavy atom. The molecule has 2 aliphatic heterocycles. The summed E-state index contributed by atoms with van der Waals surface area (Å²) < 4.78 is 11.9. The zero-order valence-corrected chi connectivity index (χ0v) is 31.6. The van der Waals surface area contributed by atoms with E-state index in [4.69, 9.17) is 9.47 Å². The summed E-state index contributed by atoms with van der Waals surface area (Å²) in [5.41, 5.74) is -0.799. The zero-order chi connectivity index (χ0) is 37.3. The van der Waals surface area contributed by atoms with E-state index in [0.29, 0.717) is 49.7 Å². The number of carbonyl (C=O) groups excluding carboxylic acids is 4. The van der Waals surface area contributed by atoms with Crippen molar-refractivity contribution in [2.75, 3.05) is 7.11 Å². The maximum atomic E-state index is 14.6. The van der Waals surface area contributed by atoms with Gasteiger partial charge in [-0.1, -0.05) is 48.3 Å². The highest BCUT2D eigenvalue weighted by Gasteiger charge is 2.60. The van der Waals surface area contributed by atoms with E-state index in [0.717, 1.165) is 16.7 Å². The Labute approximate surface area is 298 Å². The van der Waals surface area contributed by atoms with Gasteiger partial charge in [0, 0.05) is 30.6 Å². The molecule has 0 spiro atoms. The second-order valence-corrected chi connectivity index (χ2v) is 16.5. The quantitative estimate of drug-likeness (QED) is 0.231. The number of allylic oxidation sites excluding steroid dienone is 7. The number of ketones is 3. The predicted molar refractivity (Wildman–Crippen MR) is 191 cm³/mol. The Bertz CT molecular complexity index is 1470. The molecule has 50 heavy (non-hydrogen) atoms. The smallest absolute Gasteiger partial charge is 0.313 e. The Balaban J connectivity index is 2.00. The molecule has 1 saturated heterocycles. The average molecular weight is 697 g/mol. The highest BCUT2D eigenvalue weighted by atomic mass is 16.5. The van der Waals surface area contributed by atoms with Crippen molar-refractivity contribution in [3.8, 4) is 0 Å². The first-order valence-corrected chi connectivity index (χ1v) is 18.4. The molecule has 2 heterocycles. The SMILES string of the molecule is COC(=O)[C@]12CC(=O)[C@H](C(C)C)CC(=O)/C(C)=C\CCC(C)=CC(=O)[C@H]1CC(C)=C1C[C@H](O)[C@](C)(O)[C@H]3CC[C@@](C)(O)[C@H](CC/C(C)=C\[C@@H]12)O3. The van der Waals surface area contributed by atoms with Gasteiger partial charge in [-0.2, -0.15) is 0 Å². The van der Waals surface area contributed by atoms with Crippen LogP contribution in [0, 0.1) is 29.1 Å². The molecule has 0 aromatic heterocycles. The highest BCUT2D eigenvalue weighted by Crippen LogP contribution is 2.55. The summed E-state index contributed by atoms with van der Waals surface area (Å²) in [6.45, 7) is 14.5. The van der Waals surface area contributed by atoms with Crippen molar-refractivity contribution in [3.63, 3.8) is 0 Å². The van der Waals surface area contributed by atoms with Gasteiger partial charge in [0.05, 0.1) is 36.4 Å². The lowest BCUT2D eigenvalue weighted by Gasteiger charge is -2.50. The molecule has 9 atom stereocenters. The Morgan fingerprint density at radius 2 is 1.64 bits per heavy atom. The van der Waals surface area contributed by atoms with E-state index in [1.807, 2.05) is 46.8 Å². The van der Waals surface area contributed by atoms with Crippen LogP contribution in [-0.2, 0) is 28.7 Å². The Hall–Kier alpha value is -2.72. The number of hydrogen-bond donors (Lipinski definition) is 3. The minimum absolute atomic E-state index is 0.00490. The van der Waals surface area contributed by atoms with Crippen LogP contribution >= 0.6 is 0 Å². The molecule has 2 aliphatic carbocycles. The van der Waals surface area contributed by atoms with Crippen molar-refractivity contribution >= 4 is 23.3 Å². The summed E-state index contributed by atoms with van der Waals surface area (Å²) in [5.74, 6) is -4.06. The second kappa shape index (κ2) is 15.5. The standard InChI is InChI=1S/C41H60O9/c1-23(2)28-20-32(42)26(5)12-10-11-24(3)18-33(43)31-19-27(6)29-21-35(45)40(8,48)37-15-16-39(7,47)36(50-37)14-13-25(4)17-30(29)41(31,22-34(28)44)38(46)49-9/h12,17-18,23,28,30-31,35-37,45,47-48H,10-11,13-16,19-22H2,1-9H3/b24-18?,25-17-,26-12-/t28-,30-,31+,35-,36-,37+,39+,40-,41-/m0/s1. The van der Waals surface area contributed by atoms with Crippen molar-refractivity contribution < 1.29 is 44.0 Å². The molecule has 0 aromatic carbocycles. The van der Waals surface area contributed by atoms with Gasteiger partial charge in [-0.15, -0.1) is 0 Å². The molecule has 4 aliphatic rings. The van der Waals surface area contributed by atoms with Crippen LogP contribution < -0.4 is 0 Å². The topological polar surface area (TPSA) is 147 Å². The number of methoxy groups -OCH3 is 1. The van der Waals surface area contributed by atoms with Crippen LogP contribution in [0.15, 0.2) is 46.1 Å². The Kier molecular flexibility index (Phi) is 12.4. The van der Waals surface area contributed by atoms with E-state index in [1.165, 1.54) is 7.11 Å². The van der Waals surface area contributed by atoms with Crippen LogP contribution in [0.2, 0.25) is 0 Å². The number of rotatable bonds is 2. The van der Waals surface area contributed by atoms with Crippen LogP contribution in [0.25, 0.3) is 0 Å². The van der Waals surface area contributed by atoms with Crippen molar-refractivity contribution in [3.05, 3.63) is 46.1 Å². The summed E-state index contributed by atoms with van der Waals surface area (Å²) in [4.78, 5) is 57.1. The van der Waals surface area contributed by atoms with Crippen molar-refractivity contribution in [1.29, 1.82) is 0 Å². The van der Waals surface area contributed by atoms with E-state index < -0.39 is 58.7 Å². The minimum atomic E-state index is -1.71.